The van der Waals surface area contributed by atoms with E-state index in [0.29, 0.717) is 13.1 Å². The molecule has 29 heavy (non-hydrogen) atoms. The first-order valence-electron chi connectivity index (χ1n) is 9.80. The van der Waals surface area contributed by atoms with Crippen molar-refractivity contribution in [3.05, 3.63) is 63.6 Å². The minimum atomic E-state index is -1.34. The zero-order valence-corrected chi connectivity index (χ0v) is 16.2. The van der Waals surface area contributed by atoms with Crippen molar-refractivity contribution in [2.24, 2.45) is 0 Å². The minimum absolute atomic E-state index is 0.0645. The van der Waals surface area contributed by atoms with Gasteiger partial charge in [-0.05, 0) is 31.7 Å². The van der Waals surface area contributed by atoms with E-state index < -0.39 is 17.0 Å². The van der Waals surface area contributed by atoms with E-state index in [1.54, 1.807) is 4.90 Å². The summed E-state index contributed by atoms with van der Waals surface area (Å²) >= 11 is 0. The lowest BCUT2D eigenvalue weighted by atomic mass is 10.1. The molecule has 1 saturated heterocycles. The summed E-state index contributed by atoms with van der Waals surface area (Å²) in [6.07, 6.45) is 3.83. The number of rotatable bonds is 5. The molecule has 8 nitrogen and oxygen atoms in total. The molecule has 4 rings (SSSR count). The smallest absolute Gasteiger partial charge is 0.341 e. The highest BCUT2D eigenvalue weighted by Gasteiger charge is 2.41. The number of piperidine rings is 1. The van der Waals surface area contributed by atoms with Gasteiger partial charge in [-0.15, -0.1) is 0 Å². The summed E-state index contributed by atoms with van der Waals surface area (Å²) in [7, 11) is 0. The molecule has 2 aromatic rings. The number of hydrogen-bond donors (Lipinski definition) is 1. The maximum Gasteiger partial charge on any atom is 0.341 e. The lowest BCUT2D eigenvalue weighted by molar-refractivity contribution is 0.0527. The largest absolute Gasteiger partial charge is 0.482 e. The molecule has 1 atom stereocenters. The number of carboxylic acid groups (broad SMARTS) is 1. The Morgan fingerprint density at radius 1 is 1.21 bits per heavy atom. The Balaban J connectivity index is 1.86. The fraction of sp³-hybridized carbons (Fsp3) is 0.381. The standard InChI is InChI=1S/C21H23N3O5/c1-2-22-16-10-6-7-11-23(16)24-12-15(21(27)28)18(25)19(17(24)20(22)26)29-13-14-8-4-3-5-9-14/h3-5,8-9,12,16H,2,6-7,10-11,13H2,1H3,(H,27,28). The van der Waals surface area contributed by atoms with Crippen LogP contribution in [0.3, 0.4) is 0 Å². The highest BCUT2D eigenvalue weighted by Crippen LogP contribution is 2.30. The average Bonchev–Trinajstić information content (AvgIpc) is 2.73. The Morgan fingerprint density at radius 3 is 2.66 bits per heavy atom. The highest BCUT2D eigenvalue weighted by atomic mass is 16.5. The van der Waals surface area contributed by atoms with E-state index in [9.17, 15) is 19.5 Å². The number of aromatic carboxylic acids is 1. The first-order valence-corrected chi connectivity index (χ1v) is 9.80. The van der Waals surface area contributed by atoms with E-state index in [4.69, 9.17) is 4.74 Å². The number of pyridine rings is 1. The van der Waals surface area contributed by atoms with Crippen molar-refractivity contribution in [1.82, 2.24) is 9.58 Å². The Kier molecular flexibility index (Phi) is 5.00. The molecule has 1 fully saturated rings. The van der Waals surface area contributed by atoms with Gasteiger partial charge in [-0.2, -0.15) is 0 Å². The Labute approximate surface area is 167 Å². The number of aromatic nitrogens is 1. The van der Waals surface area contributed by atoms with Gasteiger partial charge in [-0.3, -0.25) is 19.3 Å². The normalized spacial score (nSPS) is 18.2. The van der Waals surface area contributed by atoms with Crippen LogP contribution in [0, 0.1) is 0 Å². The number of amides is 1. The summed E-state index contributed by atoms with van der Waals surface area (Å²) in [6.45, 7) is 3.12. The predicted octanol–water partition coefficient (Wildman–Crippen LogP) is 2.05. The van der Waals surface area contributed by atoms with Crippen LogP contribution in [-0.4, -0.2) is 45.8 Å². The Hall–Kier alpha value is -3.29. The molecule has 2 aliphatic heterocycles. The predicted molar refractivity (Wildman–Crippen MR) is 106 cm³/mol. The van der Waals surface area contributed by atoms with Gasteiger partial charge in [0.15, 0.2) is 11.4 Å². The molecule has 1 unspecified atom stereocenters. The molecule has 8 heteroatoms. The van der Waals surface area contributed by atoms with Crippen LogP contribution in [0.15, 0.2) is 41.3 Å². The van der Waals surface area contributed by atoms with Crippen molar-refractivity contribution in [3.8, 4) is 5.75 Å². The number of carbonyl (C=O) groups is 2. The molecule has 0 spiro atoms. The van der Waals surface area contributed by atoms with E-state index in [2.05, 4.69) is 0 Å². The molecular weight excluding hydrogens is 374 g/mol. The number of hydrogen-bond acceptors (Lipinski definition) is 5. The van der Waals surface area contributed by atoms with Crippen LogP contribution in [0.2, 0.25) is 0 Å². The number of ether oxygens (including phenoxy) is 1. The van der Waals surface area contributed by atoms with Gasteiger partial charge >= 0.3 is 5.97 Å². The molecule has 0 aliphatic carbocycles. The van der Waals surface area contributed by atoms with Gasteiger partial charge in [0.2, 0.25) is 5.43 Å². The fourth-order valence-electron chi connectivity index (χ4n) is 4.09. The summed E-state index contributed by atoms with van der Waals surface area (Å²) in [5.41, 5.74) is -0.271. The van der Waals surface area contributed by atoms with Gasteiger partial charge in [0, 0.05) is 19.3 Å². The summed E-state index contributed by atoms with van der Waals surface area (Å²) in [6, 6.07) is 9.23. The van der Waals surface area contributed by atoms with Gasteiger partial charge in [0.1, 0.15) is 18.3 Å². The SMILES string of the molecule is CCN1C(=O)c2c(OCc3ccccc3)c(=O)c(C(=O)O)cn2N2CCCCC12. The fourth-order valence-corrected chi connectivity index (χ4v) is 4.09. The Bertz CT molecular complexity index is 1000. The van der Waals surface area contributed by atoms with Crippen LogP contribution >= 0.6 is 0 Å². The quantitative estimate of drug-likeness (QED) is 0.830. The van der Waals surface area contributed by atoms with Crippen LogP contribution in [0.4, 0.5) is 0 Å². The van der Waals surface area contributed by atoms with E-state index in [0.717, 1.165) is 24.8 Å². The van der Waals surface area contributed by atoms with Gasteiger partial charge in [0.05, 0.1) is 0 Å². The molecular formula is C21H23N3O5. The maximum atomic E-state index is 13.3. The number of carbonyl (C=O) groups excluding carboxylic acids is 1. The maximum absolute atomic E-state index is 13.3. The third-order valence-electron chi connectivity index (χ3n) is 5.49. The molecule has 0 radical (unpaired) electrons. The minimum Gasteiger partial charge on any atom is -0.482 e. The molecule has 2 aliphatic rings. The third kappa shape index (κ3) is 3.24. The molecule has 152 valence electrons. The van der Waals surface area contributed by atoms with E-state index in [1.807, 2.05) is 42.3 Å². The lowest BCUT2D eigenvalue weighted by Crippen LogP contribution is -2.63. The second-order valence-corrected chi connectivity index (χ2v) is 7.20. The van der Waals surface area contributed by atoms with Gasteiger partial charge in [-0.25, -0.2) is 4.79 Å². The first kappa shape index (κ1) is 19.0. The molecule has 3 heterocycles. The highest BCUT2D eigenvalue weighted by molar-refractivity contribution is 5.98. The first-order chi connectivity index (χ1) is 14.0. The van der Waals surface area contributed by atoms with Crippen LogP contribution in [0.1, 0.15) is 52.6 Å². The van der Waals surface area contributed by atoms with Crippen LogP contribution < -0.4 is 15.2 Å². The van der Waals surface area contributed by atoms with Crippen molar-refractivity contribution in [2.75, 3.05) is 18.1 Å². The number of fused-ring (bicyclic) bond motifs is 3. The van der Waals surface area contributed by atoms with Gasteiger partial charge in [-0.1, -0.05) is 30.3 Å². The second kappa shape index (κ2) is 7.62. The summed E-state index contributed by atoms with van der Waals surface area (Å²) in [5.74, 6) is -1.86. The van der Waals surface area contributed by atoms with Crippen LogP contribution in [-0.2, 0) is 6.61 Å². The number of benzene rings is 1. The average molecular weight is 397 g/mol. The van der Waals surface area contributed by atoms with E-state index in [1.165, 1.54) is 10.9 Å². The van der Waals surface area contributed by atoms with Gasteiger partial charge < -0.3 is 14.7 Å². The Morgan fingerprint density at radius 2 is 1.97 bits per heavy atom. The topological polar surface area (TPSA) is 92.1 Å². The van der Waals surface area contributed by atoms with Crippen molar-refractivity contribution in [2.45, 2.75) is 39.0 Å². The molecule has 0 saturated carbocycles. The van der Waals surface area contributed by atoms with Gasteiger partial charge in [0.25, 0.3) is 5.91 Å². The monoisotopic (exact) mass is 397 g/mol. The van der Waals surface area contributed by atoms with E-state index in [-0.39, 0.29) is 30.1 Å². The molecule has 1 amide bonds. The van der Waals surface area contributed by atoms with Crippen molar-refractivity contribution >= 4 is 11.9 Å². The van der Waals surface area contributed by atoms with Crippen molar-refractivity contribution in [1.29, 1.82) is 0 Å². The lowest BCUT2D eigenvalue weighted by Gasteiger charge is -2.48. The summed E-state index contributed by atoms with van der Waals surface area (Å²) in [5, 5.41) is 11.5. The molecule has 1 aromatic carbocycles. The van der Waals surface area contributed by atoms with Crippen molar-refractivity contribution < 1.29 is 19.4 Å². The zero-order valence-electron chi connectivity index (χ0n) is 16.2. The zero-order chi connectivity index (χ0) is 20.5. The number of nitrogens with zero attached hydrogens (tertiary/aromatic N) is 3. The van der Waals surface area contributed by atoms with Crippen LogP contribution in [0.5, 0.6) is 5.75 Å². The molecule has 0 bridgehead atoms. The molecule has 1 aromatic heterocycles. The molecule has 1 N–H and O–H groups in total. The summed E-state index contributed by atoms with van der Waals surface area (Å²) < 4.78 is 7.32. The second-order valence-electron chi connectivity index (χ2n) is 7.20. The third-order valence-corrected chi connectivity index (χ3v) is 5.49. The number of carboxylic acids is 1. The van der Waals surface area contributed by atoms with Crippen LogP contribution in [0.25, 0.3) is 0 Å². The van der Waals surface area contributed by atoms with E-state index >= 15 is 0 Å². The van der Waals surface area contributed by atoms with Crippen molar-refractivity contribution in [3.63, 3.8) is 0 Å². The summed E-state index contributed by atoms with van der Waals surface area (Å²) in [4.78, 5) is 39.6.